The van der Waals surface area contributed by atoms with Gasteiger partial charge in [0.1, 0.15) is 6.04 Å². The second-order valence-electron chi connectivity index (χ2n) is 5.26. The lowest BCUT2D eigenvalue weighted by Gasteiger charge is -2.22. The maximum absolute atomic E-state index is 12.1. The van der Waals surface area contributed by atoms with Gasteiger partial charge in [0.25, 0.3) is 0 Å². The normalized spacial score (nSPS) is 22.1. The molecule has 1 N–H and O–H groups in total. The number of carbonyl (C=O) groups is 2. The van der Waals surface area contributed by atoms with Crippen LogP contribution in [-0.4, -0.2) is 47.7 Å². The molecule has 1 atom stereocenters. The van der Waals surface area contributed by atoms with Crippen LogP contribution in [0.15, 0.2) is 0 Å². The van der Waals surface area contributed by atoms with Gasteiger partial charge in [-0.1, -0.05) is 11.3 Å². The molecule has 3 heterocycles. The molecule has 21 heavy (non-hydrogen) atoms. The van der Waals surface area contributed by atoms with E-state index in [0.29, 0.717) is 24.6 Å². The van der Waals surface area contributed by atoms with Crippen molar-refractivity contribution >= 4 is 33.4 Å². The van der Waals surface area contributed by atoms with Gasteiger partial charge in [-0.25, -0.2) is 0 Å². The van der Waals surface area contributed by atoms with Gasteiger partial charge in [-0.05, 0) is 26.2 Å². The van der Waals surface area contributed by atoms with Gasteiger partial charge in [0.2, 0.25) is 22.1 Å². The highest BCUT2D eigenvalue weighted by Crippen LogP contribution is 2.33. The molecule has 2 aliphatic heterocycles. The molecule has 0 aromatic carbocycles. The Morgan fingerprint density at radius 2 is 2.14 bits per heavy atom. The molecule has 2 amide bonds. The van der Waals surface area contributed by atoms with E-state index in [4.69, 9.17) is 0 Å². The van der Waals surface area contributed by atoms with Gasteiger partial charge in [-0.2, -0.15) is 0 Å². The Morgan fingerprint density at radius 3 is 2.86 bits per heavy atom. The summed E-state index contributed by atoms with van der Waals surface area (Å²) in [5, 5.41) is 12.6. The second-order valence-corrected chi connectivity index (χ2v) is 6.20. The highest BCUT2D eigenvalue weighted by molar-refractivity contribution is 7.19. The van der Waals surface area contributed by atoms with Gasteiger partial charge >= 0.3 is 0 Å². The Kier molecular flexibility index (Phi) is 4.05. The molecule has 0 spiro atoms. The lowest BCUT2D eigenvalue weighted by atomic mass is 10.2. The number of nitrogens with zero attached hydrogens (tertiary/aromatic N) is 4. The summed E-state index contributed by atoms with van der Waals surface area (Å²) in [4.78, 5) is 27.5. The minimum Gasteiger partial charge on any atom is -0.355 e. The summed E-state index contributed by atoms with van der Waals surface area (Å²) >= 11 is 1.40. The van der Waals surface area contributed by atoms with E-state index in [1.165, 1.54) is 11.3 Å². The number of hydrogen-bond acceptors (Lipinski definition) is 6. The Hall–Kier alpha value is -1.70. The van der Waals surface area contributed by atoms with Crippen molar-refractivity contribution in [1.29, 1.82) is 0 Å². The van der Waals surface area contributed by atoms with Gasteiger partial charge in [-0.15, -0.1) is 10.2 Å². The molecule has 0 aliphatic carbocycles. The van der Waals surface area contributed by atoms with Crippen LogP contribution < -0.4 is 15.1 Å². The molecule has 2 fully saturated rings. The molecule has 1 aromatic heterocycles. The molecular weight excluding hydrogens is 290 g/mol. The van der Waals surface area contributed by atoms with Crippen molar-refractivity contribution in [2.45, 2.75) is 38.6 Å². The highest BCUT2D eigenvalue weighted by Gasteiger charge is 2.33. The summed E-state index contributed by atoms with van der Waals surface area (Å²) in [6.07, 6.45) is 3.27. The van der Waals surface area contributed by atoms with E-state index in [2.05, 4.69) is 15.5 Å². The Morgan fingerprint density at radius 1 is 1.33 bits per heavy atom. The van der Waals surface area contributed by atoms with Crippen LogP contribution in [0.5, 0.6) is 0 Å². The quantitative estimate of drug-likeness (QED) is 0.889. The standard InChI is InChI=1S/C13H19N5O2S/c1-2-14-11(20)9-5-3-7-17(9)12-15-16-13(21-12)18-8-4-6-10(18)19/h9H,2-8H2,1H3,(H,14,20)/t9-/m0/s1. The van der Waals surface area contributed by atoms with E-state index in [1.54, 1.807) is 4.90 Å². The first-order valence-electron chi connectivity index (χ1n) is 7.39. The molecule has 114 valence electrons. The largest absolute Gasteiger partial charge is 0.355 e. The molecule has 0 bridgehead atoms. The van der Waals surface area contributed by atoms with Crippen LogP contribution in [0.1, 0.15) is 32.6 Å². The molecule has 7 nitrogen and oxygen atoms in total. The van der Waals surface area contributed by atoms with Crippen molar-refractivity contribution < 1.29 is 9.59 Å². The van der Waals surface area contributed by atoms with E-state index in [1.807, 2.05) is 11.8 Å². The molecule has 1 aromatic rings. The van der Waals surface area contributed by atoms with Crippen LogP contribution in [0.3, 0.4) is 0 Å². The van der Waals surface area contributed by atoms with Crippen LogP contribution in [-0.2, 0) is 9.59 Å². The third-order valence-electron chi connectivity index (χ3n) is 3.86. The molecule has 0 saturated carbocycles. The van der Waals surface area contributed by atoms with Gasteiger partial charge in [0, 0.05) is 26.1 Å². The van der Waals surface area contributed by atoms with Crippen LogP contribution in [0.4, 0.5) is 10.3 Å². The number of aromatic nitrogens is 2. The zero-order valence-corrected chi connectivity index (χ0v) is 12.9. The molecule has 2 saturated heterocycles. The number of hydrogen-bond donors (Lipinski definition) is 1. The predicted molar refractivity (Wildman–Crippen MR) is 80.5 cm³/mol. The number of amides is 2. The summed E-state index contributed by atoms with van der Waals surface area (Å²) in [5.41, 5.74) is 0. The van der Waals surface area contributed by atoms with Gasteiger partial charge in [0.05, 0.1) is 0 Å². The van der Waals surface area contributed by atoms with Gasteiger partial charge in [0.15, 0.2) is 0 Å². The topological polar surface area (TPSA) is 78.4 Å². The molecule has 2 aliphatic rings. The van der Waals surface area contributed by atoms with Crippen LogP contribution in [0.25, 0.3) is 0 Å². The van der Waals surface area contributed by atoms with E-state index in [9.17, 15) is 9.59 Å². The molecule has 3 rings (SSSR count). The Bertz CT molecular complexity index is 546. The first-order valence-corrected chi connectivity index (χ1v) is 8.20. The average molecular weight is 309 g/mol. The SMILES string of the molecule is CCNC(=O)[C@@H]1CCCN1c1nnc(N2CCCC2=O)s1. The van der Waals surface area contributed by atoms with Crippen LogP contribution in [0.2, 0.25) is 0 Å². The smallest absolute Gasteiger partial charge is 0.242 e. The first kappa shape index (κ1) is 14.2. The molecule has 0 unspecified atom stereocenters. The third-order valence-corrected chi connectivity index (χ3v) is 4.84. The van der Waals surface area contributed by atoms with Crippen molar-refractivity contribution in [3.63, 3.8) is 0 Å². The molecular formula is C13H19N5O2S. The van der Waals surface area contributed by atoms with E-state index >= 15 is 0 Å². The Labute approximate surface area is 127 Å². The predicted octanol–water partition coefficient (Wildman–Crippen LogP) is 0.770. The minimum absolute atomic E-state index is 0.0454. The Balaban J connectivity index is 1.76. The first-order chi connectivity index (χ1) is 10.2. The van der Waals surface area contributed by atoms with Crippen molar-refractivity contribution in [2.24, 2.45) is 0 Å². The second kappa shape index (κ2) is 5.97. The fraction of sp³-hybridized carbons (Fsp3) is 0.692. The summed E-state index contributed by atoms with van der Waals surface area (Å²) < 4.78 is 0. The number of anilines is 2. The van der Waals surface area contributed by atoms with Crippen LogP contribution >= 0.6 is 11.3 Å². The average Bonchev–Trinajstić information content (AvgIpc) is 3.17. The maximum atomic E-state index is 12.1. The van der Waals surface area contributed by atoms with Crippen molar-refractivity contribution in [1.82, 2.24) is 15.5 Å². The van der Waals surface area contributed by atoms with Gasteiger partial charge in [-0.3, -0.25) is 14.5 Å². The van der Waals surface area contributed by atoms with E-state index in [0.717, 1.165) is 30.9 Å². The third kappa shape index (κ3) is 2.72. The van der Waals surface area contributed by atoms with E-state index < -0.39 is 0 Å². The van der Waals surface area contributed by atoms with Crippen molar-refractivity contribution in [3.8, 4) is 0 Å². The maximum Gasteiger partial charge on any atom is 0.242 e. The summed E-state index contributed by atoms with van der Waals surface area (Å²) in [6.45, 7) is 4.07. The fourth-order valence-electron chi connectivity index (χ4n) is 2.84. The zero-order valence-electron chi connectivity index (χ0n) is 12.0. The summed E-state index contributed by atoms with van der Waals surface area (Å²) in [6, 6.07) is -0.167. The highest BCUT2D eigenvalue weighted by atomic mass is 32.1. The lowest BCUT2D eigenvalue weighted by Crippen LogP contribution is -2.43. The number of likely N-dealkylation sites (N-methyl/N-ethyl adjacent to an activating group) is 1. The number of rotatable bonds is 4. The monoisotopic (exact) mass is 309 g/mol. The minimum atomic E-state index is -0.167. The molecule has 0 radical (unpaired) electrons. The van der Waals surface area contributed by atoms with Crippen molar-refractivity contribution in [3.05, 3.63) is 0 Å². The fourth-order valence-corrected chi connectivity index (χ4v) is 3.81. The lowest BCUT2D eigenvalue weighted by molar-refractivity contribution is -0.122. The number of carbonyl (C=O) groups excluding carboxylic acids is 2. The van der Waals surface area contributed by atoms with Crippen LogP contribution in [0, 0.1) is 0 Å². The van der Waals surface area contributed by atoms with Gasteiger partial charge < -0.3 is 10.2 Å². The zero-order chi connectivity index (χ0) is 14.8. The summed E-state index contributed by atoms with van der Waals surface area (Å²) in [7, 11) is 0. The summed E-state index contributed by atoms with van der Waals surface area (Å²) in [5.74, 6) is 0.156. The van der Waals surface area contributed by atoms with E-state index in [-0.39, 0.29) is 17.9 Å². The molecule has 8 heteroatoms. The number of nitrogens with one attached hydrogen (secondary N) is 1. The van der Waals surface area contributed by atoms with Crippen molar-refractivity contribution in [2.75, 3.05) is 29.4 Å².